The number of nitro benzene ring substituents is 1. The predicted octanol–water partition coefficient (Wildman–Crippen LogP) is 4.40. The molecule has 0 aromatic heterocycles. The average Bonchev–Trinajstić information content (AvgIpc) is 2.42. The number of benzene rings is 2. The summed E-state index contributed by atoms with van der Waals surface area (Å²) in [4.78, 5) is 22.4. The van der Waals surface area contributed by atoms with Crippen LogP contribution in [0.4, 0.5) is 15.8 Å². The maximum atomic E-state index is 13.2. The summed E-state index contributed by atoms with van der Waals surface area (Å²) in [6.07, 6.45) is 0. The topological polar surface area (TPSA) is 72.2 Å². The van der Waals surface area contributed by atoms with Crippen LogP contribution in [0.15, 0.2) is 40.9 Å². The highest BCUT2D eigenvalue weighted by Crippen LogP contribution is 2.30. The van der Waals surface area contributed by atoms with E-state index in [1.807, 2.05) is 0 Å². The van der Waals surface area contributed by atoms with E-state index in [-0.39, 0.29) is 16.3 Å². The fourth-order valence-electron chi connectivity index (χ4n) is 1.67. The molecule has 0 radical (unpaired) electrons. The minimum absolute atomic E-state index is 0.147. The molecule has 2 aromatic rings. The Kier molecular flexibility index (Phi) is 4.54. The zero-order valence-corrected chi connectivity index (χ0v) is 12.6. The minimum Gasteiger partial charge on any atom is -0.321 e. The summed E-state index contributed by atoms with van der Waals surface area (Å²) in [6, 6.07) is 7.73. The smallest absolute Gasteiger partial charge is 0.300 e. The van der Waals surface area contributed by atoms with Gasteiger partial charge in [-0.2, -0.15) is 0 Å². The molecule has 2 aromatic carbocycles. The lowest BCUT2D eigenvalue weighted by Gasteiger charge is -2.08. The predicted molar refractivity (Wildman–Crippen MR) is 80.2 cm³/mol. The summed E-state index contributed by atoms with van der Waals surface area (Å²) < 4.78 is 13.6. The molecule has 1 N–H and O–H groups in total. The van der Waals surface area contributed by atoms with Gasteiger partial charge in [0.1, 0.15) is 16.4 Å². The third-order valence-electron chi connectivity index (χ3n) is 2.59. The first-order chi connectivity index (χ1) is 9.90. The van der Waals surface area contributed by atoms with Crippen molar-refractivity contribution in [2.45, 2.75) is 0 Å². The van der Waals surface area contributed by atoms with Crippen molar-refractivity contribution in [2.75, 3.05) is 5.32 Å². The largest absolute Gasteiger partial charge is 0.321 e. The van der Waals surface area contributed by atoms with E-state index in [9.17, 15) is 19.3 Å². The Bertz CT molecular complexity index is 739. The third kappa shape index (κ3) is 3.37. The summed E-state index contributed by atoms with van der Waals surface area (Å²) in [5.41, 5.74) is -0.540. The number of amides is 1. The second-order valence-corrected chi connectivity index (χ2v) is 5.23. The zero-order chi connectivity index (χ0) is 15.6. The molecule has 0 aliphatic carbocycles. The van der Waals surface area contributed by atoms with Crippen LogP contribution in [0.5, 0.6) is 0 Å². The summed E-state index contributed by atoms with van der Waals surface area (Å²) >= 11 is 8.89. The Hall–Kier alpha value is -1.99. The van der Waals surface area contributed by atoms with Crippen molar-refractivity contribution in [1.82, 2.24) is 0 Å². The van der Waals surface area contributed by atoms with Crippen molar-refractivity contribution >= 4 is 44.8 Å². The Morgan fingerprint density at radius 2 is 2.05 bits per heavy atom. The number of anilines is 1. The number of nitro groups is 1. The summed E-state index contributed by atoms with van der Waals surface area (Å²) in [7, 11) is 0. The van der Waals surface area contributed by atoms with Crippen LogP contribution in [0.3, 0.4) is 0 Å². The molecule has 0 saturated heterocycles. The van der Waals surface area contributed by atoms with E-state index in [1.165, 1.54) is 30.3 Å². The van der Waals surface area contributed by atoms with E-state index in [4.69, 9.17) is 11.6 Å². The van der Waals surface area contributed by atoms with E-state index < -0.39 is 22.3 Å². The van der Waals surface area contributed by atoms with Gasteiger partial charge in [0.15, 0.2) is 0 Å². The molecule has 0 heterocycles. The van der Waals surface area contributed by atoms with Gasteiger partial charge in [0, 0.05) is 4.47 Å². The first-order valence-corrected chi connectivity index (χ1v) is 6.76. The maximum absolute atomic E-state index is 13.2. The molecule has 0 aliphatic rings. The number of nitrogens with zero attached hydrogens (tertiary/aromatic N) is 1. The van der Waals surface area contributed by atoms with Gasteiger partial charge < -0.3 is 5.32 Å². The van der Waals surface area contributed by atoms with Crippen molar-refractivity contribution in [3.63, 3.8) is 0 Å². The van der Waals surface area contributed by atoms with Crippen molar-refractivity contribution < 1.29 is 14.1 Å². The highest BCUT2D eigenvalue weighted by atomic mass is 79.9. The van der Waals surface area contributed by atoms with Crippen LogP contribution >= 0.6 is 27.5 Å². The molecular formula is C13H7BrClFN2O3. The molecule has 1 amide bonds. The maximum Gasteiger partial charge on any atom is 0.300 e. The molecular weight excluding hydrogens is 367 g/mol. The van der Waals surface area contributed by atoms with E-state index >= 15 is 0 Å². The van der Waals surface area contributed by atoms with Crippen LogP contribution in [0.1, 0.15) is 10.4 Å². The van der Waals surface area contributed by atoms with Crippen molar-refractivity contribution in [3.05, 3.63) is 67.4 Å². The van der Waals surface area contributed by atoms with Crippen LogP contribution in [0.2, 0.25) is 5.02 Å². The lowest BCUT2D eigenvalue weighted by atomic mass is 10.1. The van der Waals surface area contributed by atoms with Crippen molar-refractivity contribution in [2.24, 2.45) is 0 Å². The van der Waals surface area contributed by atoms with Crippen molar-refractivity contribution in [1.29, 1.82) is 0 Å². The minimum atomic E-state index is -0.754. The number of halogens is 3. The summed E-state index contributed by atoms with van der Waals surface area (Å²) in [5, 5.41) is 13.2. The van der Waals surface area contributed by atoms with Gasteiger partial charge in [0.2, 0.25) is 0 Å². The number of hydrogen-bond donors (Lipinski definition) is 1. The number of para-hydroxylation sites is 1. The van der Waals surface area contributed by atoms with Gasteiger partial charge in [-0.05, 0) is 46.3 Å². The number of hydrogen-bond acceptors (Lipinski definition) is 3. The Morgan fingerprint density at radius 1 is 1.33 bits per heavy atom. The molecule has 2 rings (SSSR count). The first-order valence-electron chi connectivity index (χ1n) is 5.59. The molecule has 0 saturated carbocycles. The monoisotopic (exact) mass is 372 g/mol. The third-order valence-corrected chi connectivity index (χ3v) is 3.59. The molecule has 0 bridgehead atoms. The Balaban J connectivity index is 2.40. The average molecular weight is 374 g/mol. The van der Waals surface area contributed by atoms with Gasteiger partial charge in [-0.1, -0.05) is 17.7 Å². The molecule has 0 unspecified atom stereocenters. The molecule has 0 aliphatic heterocycles. The number of carbonyl (C=O) groups excluding carboxylic acids is 1. The second kappa shape index (κ2) is 6.19. The standard InChI is InChI=1S/C13H7BrClFN2O3/c14-9-5-4-7(16)6-11(9)17-13(19)8-2-1-3-10(15)12(8)18(20)21/h1-6H,(H,17,19). The van der Waals surface area contributed by atoms with Gasteiger partial charge in [-0.15, -0.1) is 0 Å². The van der Waals surface area contributed by atoms with Gasteiger partial charge in [-0.3, -0.25) is 14.9 Å². The molecule has 5 nitrogen and oxygen atoms in total. The summed E-state index contributed by atoms with van der Waals surface area (Å²) in [5.74, 6) is -1.30. The zero-order valence-electron chi connectivity index (χ0n) is 10.3. The van der Waals surface area contributed by atoms with Crippen LogP contribution in [0.25, 0.3) is 0 Å². The SMILES string of the molecule is O=C(Nc1cc(F)ccc1Br)c1cccc(Cl)c1[N+](=O)[O-]. The first kappa shape index (κ1) is 15.4. The molecule has 108 valence electrons. The highest BCUT2D eigenvalue weighted by Gasteiger charge is 2.24. The Morgan fingerprint density at radius 3 is 2.71 bits per heavy atom. The Labute approximate surface area is 132 Å². The van der Waals surface area contributed by atoms with E-state index in [2.05, 4.69) is 21.2 Å². The van der Waals surface area contributed by atoms with Crippen LogP contribution < -0.4 is 5.32 Å². The molecule has 0 atom stereocenters. The normalized spacial score (nSPS) is 10.2. The molecule has 0 spiro atoms. The van der Waals surface area contributed by atoms with E-state index in [1.54, 1.807) is 0 Å². The lowest BCUT2D eigenvalue weighted by molar-refractivity contribution is -0.385. The van der Waals surface area contributed by atoms with Crippen LogP contribution in [-0.4, -0.2) is 10.8 Å². The van der Waals surface area contributed by atoms with Crippen molar-refractivity contribution in [3.8, 4) is 0 Å². The van der Waals surface area contributed by atoms with E-state index in [0.29, 0.717) is 4.47 Å². The molecule has 8 heteroatoms. The van der Waals surface area contributed by atoms with Gasteiger partial charge >= 0.3 is 5.69 Å². The summed E-state index contributed by atoms with van der Waals surface area (Å²) in [6.45, 7) is 0. The molecule has 21 heavy (non-hydrogen) atoms. The van der Waals surface area contributed by atoms with E-state index in [0.717, 1.165) is 6.07 Å². The lowest BCUT2D eigenvalue weighted by Crippen LogP contribution is -2.14. The van der Waals surface area contributed by atoms with Gasteiger partial charge in [-0.25, -0.2) is 4.39 Å². The number of nitrogens with one attached hydrogen (secondary N) is 1. The highest BCUT2D eigenvalue weighted by molar-refractivity contribution is 9.10. The van der Waals surface area contributed by atoms with Gasteiger partial charge in [0.25, 0.3) is 5.91 Å². The quantitative estimate of drug-likeness (QED) is 0.640. The fraction of sp³-hybridized carbons (Fsp3) is 0. The number of rotatable bonds is 3. The van der Waals surface area contributed by atoms with Crippen LogP contribution in [-0.2, 0) is 0 Å². The fourth-order valence-corrected chi connectivity index (χ4v) is 2.26. The number of carbonyl (C=O) groups is 1. The van der Waals surface area contributed by atoms with Gasteiger partial charge in [0.05, 0.1) is 10.6 Å². The molecule has 0 fully saturated rings. The second-order valence-electron chi connectivity index (χ2n) is 3.97. The van der Waals surface area contributed by atoms with Crippen LogP contribution in [0, 0.1) is 15.9 Å².